The molecule has 2 N–H and O–H groups in total. The molecule has 0 unspecified atom stereocenters. The predicted molar refractivity (Wildman–Crippen MR) is 121 cm³/mol. The molecular weight excluding hydrogens is 410 g/mol. The van der Waals surface area contributed by atoms with Gasteiger partial charge in [-0.1, -0.05) is 0 Å². The van der Waals surface area contributed by atoms with Gasteiger partial charge in [0.05, 0.1) is 24.9 Å². The largest absolute Gasteiger partial charge is 0.491 e. The lowest BCUT2D eigenvalue weighted by Crippen LogP contribution is -2.43. The highest BCUT2D eigenvalue weighted by Crippen LogP contribution is 2.38. The van der Waals surface area contributed by atoms with E-state index in [2.05, 4.69) is 16.0 Å². The molecule has 0 spiro atoms. The highest BCUT2D eigenvalue weighted by Gasteiger charge is 2.30. The summed E-state index contributed by atoms with van der Waals surface area (Å²) in [5.74, 6) is 1.26. The third-order valence-electron chi connectivity index (χ3n) is 6.07. The van der Waals surface area contributed by atoms with E-state index in [9.17, 15) is 14.9 Å². The molecule has 32 heavy (non-hydrogen) atoms. The van der Waals surface area contributed by atoms with E-state index >= 15 is 0 Å². The molecule has 0 saturated carbocycles. The van der Waals surface area contributed by atoms with Crippen LogP contribution in [-0.4, -0.2) is 44.9 Å². The van der Waals surface area contributed by atoms with Gasteiger partial charge >= 0.3 is 5.69 Å². The van der Waals surface area contributed by atoms with Gasteiger partial charge < -0.3 is 19.9 Å². The van der Waals surface area contributed by atoms with Crippen molar-refractivity contribution in [1.82, 2.24) is 18.7 Å². The Hall–Kier alpha value is -3.58. The molecule has 1 aliphatic rings. The zero-order valence-electron chi connectivity index (χ0n) is 18.5. The highest BCUT2D eigenvalue weighted by atomic mass is 16.5. The number of fused-ring (bicyclic) bond motifs is 1. The third-order valence-corrected chi connectivity index (χ3v) is 6.07. The van der Waals surface area contributed by atoms with Crippen molar-refractivity contribution in [3.8, 4) is 11.8 Å². The Balaban J connectivity index is 2.00. The van der Waals surface area contributed by atoms with E-state index in [4.69, 9.17) is 10.5 Å². The van der Waals surface area contributed by atoms with Gasteiger partial charge in [0.15, 0.2) is 11.6 Å². The predicted octanol–water partition coefficient (Wildman–Crippen LogP) is 0.773. The van der Waals surface area contributed by atoms with Gasteiger partial charge in [0.2, 0.25) is 0 Å². The van der Waals surface area contributed by atoms with Crippen molar-refractivity contribution in [2.24, 2.45) is 12.8 Å². The molecule has 3 aromatic rings. The zero-order chi connectivity index (χ0) is 23.0. The summed E-state index contributed by atoms with van der Waals surface area (Å²) in [5, 5.41) is 9.38. The van der Waals surface area contributed by atoms with E-state index in [0.29, 0.717) is 41.1 Å². The molecule has 1 aliphatic heterocycles. The SMILES string of the molecule is CCn1c(N2CCC[C@@H](N)C2)c(OC)c2c1c(=O)n(Cc1ncccc1C#N)c(=O)n2C. The van der Waals surface area contributed by atoms with Crippen LogP contribution < -0.4 is 26.6 Å². The maximum Gasteiger partial charge on any atom is 0.331 e. The summed E-state index contributed by atoms with van der Waals surface area (Å²) in [6, 6.07) is 5.37. The van der Waals surface area contributed by atoms with Gasteiger partial charge in [0.25, 0.3) is 5.56 Å². The zero-order valence-corrected chi connectivity index (χ0v) is 18.5. The second-order valence-electron chi connectivity index (χ2n) is 7.99. The van der Waals surface area contributed by atoms with E-state index < -0.39 is 11.2 Å². The Kier molecular flexibility index (Phi) is 5.76. The van der Waals surface area contributed by atoms with Crippen molar-refractivity contribution < 1.29 is 4.74 Å². The number of hydrogen-bond donors (Lipinski definition) is 1. The standard InChI is InChI=1S/C22H27N7O3/c1-4-28-18-17(19(32-3)20(28)27-10-6-8-15(24)12-27)26(2)22(31)29(21(18)30)13-16-14(11-23)7-5-9-25-16/h5,7,9,15H,4,6,8,10,12-13,24H2,1-3H3/t15-/m1/s1. The number of aryl methyl sites for hydroxylation is 2. The molecule has 10 heteroatoms. The molecule has 0 aromatic carbocycles. The lowest BCUT2D eigenvalue weighted by molar-refractivity contribution is 0.410. The molecule has 1 atom stereocenters. The first-order valence-electron chi connectivity index (χ1n) is 10.7. The smallest absolute Gasteiger partial charge is 0.331 e. The van der Waals surface area contributed by atoms with Gasteiger partial charge in [-0.05, 0) is 31.9 Å². The molecule has 0 bridgehead atoms. The molecule has 10 nitrogen and oxygen atoms in total. The minimum absolute atomic E-state index is 0.0332. The number of nitrogens with zero attached hydrogens (tertiary/aromatic N) is 6. The number of rotatable bonds is 5. The van der Waals surface area contributed by atoms with E-state index in [0.717, 1.165) is 29.8 Å². The fourth-order valence-corrected chi connectivity index (χ4v) is 4.56. The Bertz CT molecular complexity index is 1330. The van der Waals surface area contributed by atoms with E-state index in [1.807, 2.05) is 11.5 Å². The molecule has 168 valence electrons. The average molecular weight is 438 g/mol. The Labute approximate surface area is 185 Å². The molecule has 0 amide bonds. The number of pyridine rings is 1. The van der Waals surface area contributed by atoms with Crippen molar-refractivity contribution in [2.75, 3.05) is 25.1 Å². The van der Waals surface area contributed by atoms with Gasteiger partial charge in [-0.25, -0.2) is 4.79 Å². The Morgan fingerprint density at radius 3 is 2.75 bits per heavy atom. The quantitative estimate of drug-likeness (QED) is 0.625. The van der Waals surface area contributed by atoms with E-state index in [1.54, 1.807) is 32.5 Å². The monoisotopic (exact) mass is 437 g/mol. The van der Waals surface area contributed by atoms with Crippen LogP contribution in [-0.2, 0) is 20.1 Å². The van der Waals surface area contributed by atoms with Crippen molar-refractivity contribution >= 4 is 16.9 Å². The molecular formula is C22H27N7O3. The van der Waals surface area contributed by atoms with Gasteiger partial charge in [0, 0.05) is 38.9 Å². The molecule has 4 rings (SSSR count). The number of ether oxygens (including phenoxy) is 1. The Morgan fingerprint density at radius 1 is 1.31 bits per heavy atom. The summed E-state index contributed by atoms with van der Waals surface area (Å²) >= 11 is 0. The van der Waals surface area contributed by atoms with Crippen LogP contribution in [0.1, 0.15) is 31.0 Å². The second kappa shape index (κ2) is 8.51. The molecule has 4 heterocycles. The second-order valence-corrected chi connectivity index (χ2v) is 7.99. The maximum atomic E-state index is 13.6. The number of nitrogens with two attached hydrogens (primary N) is 1. The summed E-state index contributed by atoms with van der Waals surface area (Å²) in [7, 11) is 3.17. The number of aromatic nitrogens is 4. The highest BCUT2D eigenvalue weighted by molar-refractivity contribution is 5.90. The van der Waals surface area contributed by atoms with Crippen LogP contribution in [0.15, 0.2) is 27.9 Å². The van der Waals surface area contributed by atoms with Crippen molar-refractivity contribution in [3.05, 3.63) is 50.4 Å². The summed E-state index contributed by atoms with van der Waals surface area (Å²) in [4.78, 5) is 33.2. The Morgan fingerprint density at radius 2 is 2.09 bits per heavy atom. The fraction of sp³-hybridized carbons (Fsp3) is 0.455. The lowest BCUT2D eigenvalue weighted by Gasteiger charge is -2.33. The normalized spacial score (nSPS) is 16.3. The van der Waals surface area contributed by atoms with E-state index in [-0.39, 0.29) is 12.6 Å². The van der Waals surface area contributed by atoms with Gasteiger partial charge in [-0.15, -0.1) is 0 Å². The number of nitriles is 1. The number of piperidine rings is 1. The van der Waals surface area contributed by atoms with Gasteiger partial charge in [0.1, 0.15) is 17.1 Å². The molecule has 0 radical (unpaired) electrons. The van der Waals surface area contributed by atoms with Crippen LogP contribution in [0.25, 0.3) is 11.0 Å². The minimum Gasteiger partial charge on any atom is -0.491 e. The molecule has 3 aromatic heterocycles. The van der Waals surface area contributed by atoms with E-state index in [1.165, 1.54) is 4.57 Å². The van der Waals surface area contributed by atoms with Crippen LogP contribution in [0.3, 0.4) is 0 Å². The number of hydrogen-bond acceptors (Lipinski definition) is 7. The first kappa shape index (κ1) is 21.6. The van der Waals surface area contributed by atoms with Crippen LogP contribution in [0.2, 0.25) is 0 Å². The topological polar surface area (TPSA) is 124 Å². The number of anilines is 1. The van der Waals surface area contributed by atoms with Crippen molar-refractivity contribution in [2.45, 2.75) is 38.9 Å². The first-order valence-corrected chi connectivity index (χ1v) is 10.7. The fourth-order valence-electron chi connectivity index (χ4n) is 4.56. The summed E-state index contributed by atoms with van der Waals surface area (Å²) in [6.07, 6.45) is 3.43. The molecule has 1 saturated heterocycles. The molecule has 1 fully saturated rings. The van der Waals surface area contributed by atoms with Crippen LogP contribution in [0.5, 0.6) is 5.75 Å². The number of methoxy groups -OCH3 is 1. The lowest BCUT2D eigenvalue weighted by atomic mass is 10.1. The van der Waals surface area contributed by atoms with Crippen molar-refractivity contribution in [3.63, 3.8) is 0 Å². The summed E-state index contributed by atoms with van der Waals surface area (Å²) < 4.78 is 10.2. The van der Waals surface area contributed by atoms with Gasteiger partial charge in [-0.3, -0.25) is 18.9 Å². The summed E-state index contributed by atoms with van der Waals surface area (Å²) in [5.41, 5.74) is 6.82. The first-order chi connectivity index (χ1) is 15.4. The maximum absolute atomic E-state index is 13.6. The average Bonchev–Trinajstić information content (AvgIpc) is 3.15. The minimum atomic E-state index is -0.495. The van der Waals surface area contributed by atoms with Crippen LogP contribution in [0.4, 0.5) is 5.82 Å². The molecule has 0 aliphatic carbocycles. The third kappa shape index (κ3) is 3.35. The summed E-state index contributed by atoms with van der Waals surface area (Å²) in [6.45, 7) is 3.82. The van der Waals surface area contributed by atoms with Crippen LogP contribution in [0, 0.1) is 11.3 Å². The van der Waals surface area contributed by atoms with Gasteiger partial charge in [-0.2, -0.15) is 5.26 Å². The van der Waals surface area contributed by atoms with Crippen LogP contribution >= 0.6 is 0 Å². The van der Waals surface area contributed by atoms with Crippen molar-refractivity contribution in [1.29, 1.82) is 5.26 Å².